The molecule has 0 amide bonds. The first kappa shape index (κ1) is 16.9. The number of hydrogen-bond donors (Lipinski definition) is 1. The van der Waals surface area contributed by atoms with Gasteiger partial charge in [-0.25, -0.2) is 0 Å². The SMILES string of the molecule is Cc1ccc(-n2nnnc2C2(NCCc3ccccc3)CCCC2)cc1. The monoisotopic (exact) mass is 347 g/mol. The van der Waals surface area contributed by atoms with Crippen molar-refractivity contribution in [2.45, 2.75) is 44.6 Å². The average molecular weight is 347 g/mol. The summed E-state index contributed by atoms with van der Waals surface area (Å²) < 4.78 is 1.90. The molecule has 1 N–H and O–H groups in total. The standard InChI is InChI=1S/C21H25N5/c1-17-9-11-19(12-10-17)26-20(23-24-25-26)21(14-5-6-15-21)22-16-13-18-7-3-2-4-8-18/h2-4,7-12,22H,5-6,13-16H2,1H3. The Morgan fingerprint density at radius 2 is 1.73 bits per heavy atom. The Balaban J connectivity index is 1.57. The zero-order valence-electron chi connectivity index (χ0n) is 15.2. The molecule has 5 nitrogen and oxygen atoms in total. The molecule has 3 aromatic rings. The first-order valence-electron chi connectivity index (χ1n) is 9.42. The molecule has 1 fully saturated rings. The normalized spacial score (nSPS) is 16.0. The summed E-state index contributed by atoms with van der Waals surface area (Å²) in [5.74, 6) is 0.937. The summed E-state index contributed by atoms with van der Waals surface area (Å²) in [6.07, 6.45) is 5.58. The van der Waals surface area contributed by atoms with Gasteiger partial charge >= 0.3 is 0 Å². The van der Waals surface area contributed by atoms with Crippen LogP contribution in [-0.4, -0.2) is 26.8 Å². The fraction of sp³-hybridized carbons (Fsp3) is 0.381. The lowest BCUT2D eigenvalue weighted by Gasteiger charge is -2.29. The van der Waals surface area contributed by atoms with Crippen molar-refractivity contribution in [2.24, 2.45) is 0 Å². The Bertz CT molecular complexity index is 832. The zero-order valence-corrected chi connectivity index (χ0v) is 15.2. The molecule has 1 aromatic heterocycles. The van der Waals surface area contributed by atoms with E-state index in [-0.39, 0.29) is 5.54 Å². The molecule has 1 aliphatic rings. The minimum Gasteiger partial charge on any atom is -0.304 e. The topological polar surface area (TPSA) is 55.6 Å². The van der Waals surface area contributed by atoms with Gasteiger partial charge < -0.3 is 5.32 Å². The highest BCUT2D eigenvalue weighted by molar-refractivity contribution is 5.35. The van der Waals surface area contributed by atoms with Crippen LogP contribution in [0.1, 0.15) is 42.6 Å². The Morgan fingerprint density at radius 1 is 1.00 bits per heavy atom. The van der Waals surface area contributed by atoms with Gasteiger partial charge in [-0.3, -0.25) is 0 Å². The van der Waals surface area contributed by atoms with Gasteiger partial charge in [-0.1, -0.05) is 60.9 Å². The predicted molar refractivity (Wildman–Crippen MR) is 102 cm³/mol. The number of tetrazole rings is 1. The van der Waals surface area contributed by atoms with E-state index in [1.807, 2.05) is 4.68 Å². The van der Waals surface area contributed by atoms with E-state index in [0.717, 1.165) is 37.3 Å². The van der Waals surface area contributed by atoms with Crippen LogP contribution in [-0.2, 0) is 12.0 Å². The van der Waals surface area contributed by atoms with Crippen LogP contribution in [0.3, 0.4) is 0 Å². The van der Waals surface area contributed by atoms with Crippen LogP contribution in [0, 0.1) is 6.92 Å². The number of aryl methyl sites for hydroxylation is 1. The number of benzene rings is 2. The largest absolute Gasteiger partial charge is 0.304 e. The van der Waals surface area contributed by atoms with E-state index in [0.29, 0.717) is 0 Å². The van der Waals surface area contributed by atoms with Gasteiger partial charge in [0, 0.05) is 6.54 Å². The summed E-state index contributed by atoms with van der Waals surface area (Å²) in [6, 6.07) is 19.0. The maximum absolute atomic E-state index is 4.43. The Morgan fingerprint density at radius 3 is 2.46 bits per heavy atom. The molecule has 0 spiro atoms. The van der Waals surface area contributed by atoms with Crippen molar-refractivity contribution >= 4 is 0 Å². The summed E-state index contributed by atoms with van der Waals surface area (Å²) in [7, 11) is 0. The van der Waals surface area contributed by atoms with Gasteiger partial charge in [-0.15, -0.1) is 5.10 Å². The van der Waals surface area contributed by atoms with E-state index in [1.54, 1.807) is 0 Å². The third-order valence-electron chi connectivity index (χ3n) is 5.35. The predicted octanol–water partition coefficient (Wildman–Crippen LogP) is 3.57. The molecule has 0 unspecified atom stereocenters. The van der Waals surface area contributed by atoms with Crippen LogP contribution in [0.15, 0.2) is 54.6 Å². The second-order valence-corrected chi connectivity index (χ2v) is 7.20. The smallest absolute Gasteiger partial charge is 0.176 e. The number of nitrogens with one attached hydrogen (secondary N) is 1. The summed E-state index contributed by atoms with van der Waals surface area (Å²) in [5, 5.41) is 16.5. The summed E-state index contributed by atoms with van der Waals surface area (Å²) in [4.78, 5) is 0. The maximum atomic E-state index is 4.43. The van der Waals surface area contributed by atoms with Gasteiger partial charge in [-0.05, 0) is 54.3 Å². The molecule has 134 valence electrons. The Labute approximate surface area is 154 Å². The molecule has 4 rings (SSSR count). The molecular formula is C21H25N5. The molecule has 0 radical (unpaired) electrons. The van der Waals surface area contributed by atoms with Gasteiger partial charge in [0.2, 0.25) is 0 Å². The third kappa shape index (κ3) is 3.40. The minimum absolute atomic E-state index is 0.136. The van der Waals surface area contributed by atoms with Crippen LogP contribution in [0.25, 0.3) is 5.69 Å². The molecule has 0 bridgehead atoms. The molecule has 2 aromatic carbocycles. The van der Waals surface area contributed by atoms with Crippen LogP contribution >= 0.6 is 0 Å². The van der Waals surface area contributed by atoms with Gasteiger partial charge in [0.15, 0.2) is 5.82 Å². The van der Waals surface area contributed by atoms with Crippen molar-refractivity contribution in [1.82, 2.24) is 25.5 Å². The zero-order chi connectivity index (χ0) is 17.8. The van der Waals surface area contributed by atoms with Crippen molar-refractivity contribution < 1.29 is 0 Å². The molecule has 0 aliphatic heterocycles. The Hall–Kier alpha value is -2.53. The quantitative estimate of drug-likeness (QED) is 0.740. The second-order valence-electron chi connectivity index (χ2n) is 7.20. The van der Waals surface area contributed by atoms with E-state index < -0.39 is 0 Å². The number of rotatable bonds is 6. The summed E-state index contributed by atoms with van der Waals surface area (Å²) in [5.41, 5.74) is 3.47. The van der Waals surface area contributed by atoms with E-state index in [4.69, 9.17) is 0 Å². The van der Waals surface area contributed by atoms with E-state index >= 15 is 0 Å². The fourth-order valence-corrected chi connectivity index (χ4v) is 3.89. The molecule has 0 atom stereocenters. The summed E-state index contributed by atoms with van der Waals surface area (Å²) in [6.45, 7) is 3.01. The fourth-order valence-electron chi connectivity index (χ4n) is 3.89. The molecule has 0 saturated heterocycles. The second kappa shape index (κ2) is 7.38. The first-order valence-corrected chi connectivity index (χ1v) is 9.42. The van der Waals surface area contributed by atoms with E-state index in [1.165, 1.54) is 24.0 Å². The molecule has 1 saturated carbocycles. The van der Waals surface area contributed by atoms with Gasteiger partial charge in [0.25, 0.3) is 0 Å². The number of nitrogens with zero attached hydrogens (tertiary/aromatic N) is 4. The highest BCUT2D eigenvalue weighted by Crippen LogP contribution is 2.38. The lowest BCUT2D eigenvalue weighted by molar-refractivity contribution is 0.317. The van der Waals surface area contributed by atoms with E-state index in [2.05, 4.69) is 82.4 Å². The maximum Gasteiger partial charge on any atom is 0.176 e. The van der Waals surface area contributed by atoms with Crippen molar-refractivity contribution in [3.8, 4) is 5.69 Å². The highest BCUT2D eigenvalue weighted by Gasteiger charge is 2.40. The molecule has 26 heavy (non-hydrogen) atoms. The molecule has 1 aliphatic carbocycles. The number of hydrogen-bond acceptors (Lipinski definition) is 4. The van der Waals surface area contributed by atoms with Crippen molar-refractivity contribution in [3.05, 3.63) is 71.5 Å². The first-order chi connectivity index (χ1) is 12.8. The van der Waals surface area contributed by atoms with Crippen LogP contribution in [0.2, 0.25) is 0 Å². The van der Waals surface area contributed by atoms with Crippen LogP contribution < -0.4 is 5.32 Å². The lowest BCUT2D eigenvalue weighted by Crippen LogP contribution is -2.43. The van der Waals surface area contributed by atoms with Crippen molar-refractivity contribution in [3.63, 3.8) is 0 Å². The van der Waals surface area contributed by atoms with Gasteiger partial charge in [0.05, 0.1) is 11.2 Å². The molecule has 1 heterocycles. The van der Waals surface area contributed by atoms with Gasteiger partial charge in [-0.2, -0.15) is 4.68 Å². The molecular weight excluding hydrogens is 322 g/mol. The molecule has 5 heteroatoms. The van der Waals surface area contributed by atoms with Crippen molar-refractivity contribution in [2.75, 3.05) is 6.54 Å². The Kier molecular flexibility index (Phi) is 4.80. The van der Waals surface area contributed by atoms with E-state index in [9.17, 15) is 0 Å². The van der Waals surface area contributed by atoms with Gasteiger partial charge in [0.1, 0.15) is 0 Å². The lowest BCUT2D eigenvalue weighted by atomic mass is 9.95. The highest BCUT2D eigenvalue weighted by atomic mass is 15.6. The summed E-state index contributed by atoms with van der Waals surface area (Å²) >= 11 is 0. The third-order valence-corrected chi connectivity index (χ3v) is 5.35. The van der Waals surface area contributed by atoms with Crippen molar-refractivity contribution in [1.29, 1.82) is 0 Å². The average Bonchev–Trinajstić information content (AvgIpc) is 3.33. The number of aromatic nitrogens is 4. The minimum atomic E-state index is -0.136. The van der Waals surface area contributed by atoms with Crippen LogP contribution in [0.4, 0.5) is 0 Å². The van der Waals surface area contributed by atoms with Crippen LogP contribution in [0.5, 0.6) is 0 Å².